The van der Waals surface area contributed by atoms with Gasteiger partial charge in [-0.25, -0.2) is 17.6 Å². The molecule has 0 N–H and O–H groups in total. The van der Waals surface area contributed by atoms with Crippen molar-refractivity contribution in [2.24, 2.45) is 0 Å². The van der Waals surface area contributed by atoms with E-state index in [2.05, 4.69) is 23.3 Å². The van der Waals surface area contributed by atoms with Crippen LogP contribution in [0.4, 0.5) is 11.6 Å². The van der Waals surface area contributed by atoms with E-state index >= 15 is 0 Å². The Morgan fingerprint density at radius 3 is 2.34 bits per heavy atom. The van der Waals surface area contributed by atoms with Gasteiger partial charge in [0, 0.05) is 12.2 Å². The summed E-state index contributed by atoms with van der Waals surface area (Å²) in [6.45, 7) is 1.46. The minimum atomic E-state index is -4.16. The number of rotatable bonds is 11. The van der Waals surface area contributed by atoms with Crippen LogP contribution in [0.15, 0.2) is 30.3 Å². The van der Waals surface area contributed by atoms with Gasteiger partial charge in [0.1, 0.15) is 5.82 Å². The molecule has 0 aliphatic rings. The molecule has 2 rings (SSSR count). The summed E-state index contributed by atoms with van der Waals surface area (Å²) in [6, 6.07) is 9.20. The lowest BCUT2D eigenvalue weighted by molar-refractivity contribution is 0.255. The molecule has 0 saturated carbocycles. The molecule has 0 bridgehead atoms. The van der Waals surface area contributed by atoms with Crippen LogP contribution in [0.1, 0.15) is 12.2 Å². The number of aromatic nitrogens is 3. The standard InChI is InChI=1S/C16H21ClN4O6S2/c1-13-18-15(17)20-16(19-13)21(14-7-4-3-5-8-14)9-6-11-28(22,23)12-10-27-29(24,25)26-2/h3-5,7-8H,6,9-12H2,1-2H3. The number of nitrogens with zero attached hydrogens (tertiary/aromatic N) is 4. The predicted molar refractivity (Wildman–Crippen MR) is 108 cm³/mol. The molecule has 13 heteroatoms. The molecule has 0 unspecified atom stereocenters. The maximum absolute atomic E-state index is 12.2. The SMILES string of the molecule is COS(=O)(=O)OCCS(=O)(=O)CCCN(c1ccccc1)c1nc(C)nc(Cl)n1. The lowest BCUT2D eigenvalue weighted by atomic mass is 10.3. The van der Waals surface area contributed by atoms with Gasteiger partial charge in [-0.05, 0) is 37.1 Å². The summed E-state index contributed by atoms with van der Waals surface area (Å²) in [6.07, 6.45) is 0.247. The Kier molecular flexibility index (Phi) is 8.28. The van der Waals surface area contributed by atoms with Crippen LogP contribution in [-0.2, 0) is 28.6 Å². The van der Waals surface area contributed by atoms with E-state index < -0.39 is 32.6 Å². The van der Waals surface area contributed by atoms with Gasteiger partial charge in [0.25, 0.3) is 0 Å². The van der Waals surface area contributed by atoms with E-state index in [-0.39, 0.29) is 17.5 Å². The molecule has 160 valence electrons. The third-order valence-electron chi connectivity index (χ3n) is 3.68. The first kappa shape index (κ1) is 23.4. The quantitative estimate of drug-likeness (QED) is 0.484. The van der Waals surface area contributed by atoms with E-state index in [1.54, 1.807) is 11.8 Å². The van der Waals surface area contributed by atoms with Crippen LogP contribution in [0, 0.1) is 6.92 Å². The van der Waals surface area contributed by atoms with Crippen LogP contribution >= 0.6 is 11.6 Å². The number of para-hydroxylation sites is 1. The molecule has 1 aromatic carbocycles. The lowest BCUT2D eigenvalue weighted by Gasteiger charge is -2.23. The molecule has 0 atom stereocenters. The molecule has 1 aromatic heterocycles. The van der Waals surface area contributed by atoms with Crippen LogP contribution in [0.5, 0.6) is 0 Å². The van der Waals surface area contributed by atoms with Gasteiger partial charge in [0.05, 0.1) is 25.2 Å². The summed E-state index contributed by atoms with van der Waals surface area (Å²) in [5.41, 5.74) is 0.765. The van der Waals surface area contributed by atoms with Crippen LogP contribution in [0.2, 0.25) is 5.28 Å². The summed E-state index contributed by atoms with van der Waals surface area (Å²) >= 11 is 5.94. The fraction of sp³-hybridized carbons (Fsp3) is 0.438. The molecule has 0 saturated heterocycles. The van der Waals surface area contributed by atoms with Gasteiger partial charge in [0.15, 0.2) is 9.84 Å². The van der Waals surface area contributed by atoms with Gasteiger partial charge in [-0.2, -0.15) is 18.4 Å². The number of anilines is 2. The zero-order chi connectivity index (χ0) is 21.5. The number of hydrogen-bond donors (Lipinski definition) is 0. The minimum absolute atomic E-state index is 0.0394. The second kappa shape index (κ2) is 10.3. The normalized spacial score (nSPS) is 12.1. The maximum atomic E-state index is 12.2. The highest BCUT2D eigenvalue weighted by molar-refractivity contribution is 7.91. The molecule has 29 heavy (non-hydrogen) atoms. The predicted octanol–water partition coefficient (Wildman–Crippen LogP) is 1.68. The Labute approximate surface area is 175 Å². The third-order valence-corrected chi connectivity index (χ3v) is 6.41. The van der Waals surface area contributed by atoms with Crippen molar-refractivity contribution in [3.8, 4) is 0 Å². The maximum Gasteiger partial charge on any atom is 0.399 e. The molecule has 0 radical (unpaired) electrons. The van der Waals surface area contributed by atoms with Crippen LogP contribution in [-0.4, -0.2) is 63.6 Å². The van der Waals surface area contributed by atoms with E-state index in [0.717, 1.165) is 12.8 Å². The van der Waals surface area contributed by atoms with Crippen molar-refractivity contribution in [3.05, 3.63) is 41.4 Å². The molecule has 0 aliphatic carbocycles. The molecule has 10 nitrogen and oxygen atoms in total. The summed E-state index contributed by atoms with van der Waals surface area (Å²) in [7, 11) is -6.78. The van der Waals surface area contributed by atoms with Gasteiger partial charge in [0.2, 0.25) is 11.2 Å². The first-order chi connectivity index (χ1) is 13.6. The van der Waals surface area contributed by atoms with Crippen molar-refractivity contribution in [2.45, 2.75) is 13.3 Å². The molecule has 2 aromatic rings. The first-order valence-electron chi connectivity index (χ1n) is 8.48. The van der Waals surface area contributed by atoms with Gasteiger partial charge in [-0.3, -0.25) is 4.18 Å². The fourth-order valence-electron chi connectivity index (χ4n) is 2.36. The van der Waals surface area contributed by atoms with E-state index in [1.165, 1.54) is 0 Å². The van der Waals surface area contributed by atoms with Crippen LogP contribution < -0.4 is 4.90 Å². The molecule has 0 aliphatic heterocycles. The van der Waals surface area contributed by atoms with Gasteiger partial charge in [-0.1, -0.05) is 18.2 Å². The number of sulfone groups is 1. The van der Waals surface area contributed by atoms with Crippen molar-refractivity contribution < 1.29 is 25.2 Å². The average Bonchev–Trinajstić information content (AvgIpc) is 2.65. The zero-order valence-corrected chi connectivity index (χ0v) is 18.2. The number of hydrogen-bond acceptors (Lipinski definition) is 10. The molecular weight excluding hydrogens is 444 g/mol. The monoisotopic (exact) mass is 464 g/mol. The number of aryl methyl sites for hydroxylation is 1. The summed E-state index contributed by atoms with van der Waals surface area (Å²) in [4.78, 5) is 14.1. The summed E-state index contributed by atoms with van der Waals surface area (Å²) in [5, 5.41) is 0.0394. The van der Waals surface area contributed by atoms with Crippen molar-refractivity contribution in [1.82, 2.24) is 15.0 Å². The molecule has 0 fully saturated rings. The molecule has 0 amide bonds. The summed E-state index contributed by atoms with van der Waals surface area (Å²) < 4.78 is 55.0. The fourth-order valence-corrected chi connectivity index (χ4v) is 4.16. The Bertz CT molecular complexity index is 999. The number of halogens is 1. The average molecular weight is 465 g/mol. The third kappa shape index (κ3) is 7.82. The smallest absolute Gasteiger partial charge is 0.310 e. The molecule has 1 heterocycles. The topological polar surface area (TPSA) is 129 Å². The van der Waals surface area contributed by atoms with Crippen LogP contribution in [0.3, 0.4) is 0 Å². The first-order valence-corrected chi connectivity index (χ1v) is 12.0. The Morgan fingerprint density at radius 2 is 1.72 bits per heavy atom. The largest absolute Gasteiger partial charge is 0.399 e. The van der Waals surface area contributed by atoms with Crippen molar-refractivity contribution in [2.75, 3.05) is 36.7 Å². The van der Waals surface area contributed by atoms with Gasteiger partial charge in [-0.15, -0.1) is 0 Å². The highest BCUT2D eigenvalue weighted by Crippen LogP contribution is 2.23. The zero-order valence-electron chi connectivity index (χ0n) is 15.9. The van der Waals surface area contributed by atoms with E-state index in [1.807, 2.05) is 30.3 Å². The van der Waals surface area contributed by atoms with E-state index in [4.69, 9.17) is 11.6 Å². The summed E-state index contributed by atoms with van der Waals surface area (Å²) in [5.74, 6) is 0.118. The Balaban J connectivity index is 2.05. The second-order valence-corrected chi connectivity index (χ2v) is 9.87. The lowest BCUT2D eigenvalue weighted by Crippen LogP contribution is -2.25. The van der Waals surface area contributed by atoms with Crippen molar-refractivity contribution in [3.63, 3.8) is 0 Å². The number of benzene rings is 1. The highest BCUT2D eigenvalue weighted by Gasteiger charge is 2.18. The van der Waals surface area contributed by atoms with E-state index in [0.29, 0.717) is 18.3 Å². The second-order valence-electron chi connectivity index (χ2n) is 5.84. The van der Waals surface area contributed by atoms with Gasteiger partial charge >= 0.3 is 10.4 Å². The molecule has 0 spiro atoms. The highest BCUT2D eigenvalue weighted by atomic mass is 35.5. The van der Waals surface area contributed by atoms with Gasteiger partial charge < -0.3 is 4.90 Å². The van der Waals surface area contributed by atoms with E-state index in [9.17, 15) is 16.8 Å². The van der Waals surface area contributed by atoms with Crippen molar-refractivity contribution in [1.29, 1.82) is 0 Å². The Hall–Kier alpha value is -1.86. The Morgan fingerprint density at radius 1 is 1.03 bits per heavy atom. The minimum Gasteiger partial charge on any atom is -0.310 e. The molecular formula is C16H21ClN4O6S2. The van der Waals surface area contributed by atoms with Crippen LogP contribution in [0.25, 0.3) is 0 Å². The van der Waals surface area contributed by atoms with Crippen molar-refractivity contribution >= 4 is 43.5 Å².